The fraction of sp³-hybridized carbons (Fsp3) is 0.786. The molecule has 0 aliphatic carbocycles. The fourth-order valence-electron chi connectivity index (χ4n) is 4.90. The highest BCUT2D eigenvalue weighted by Crippen LogP contribution is 2.37. The maximum Gasteiger partial charge on any atom is 0.487 e. The molecule has 3 aliphatic rings. The van der Waals surface area contributed by atoms with Crippen LogP contribution in [0.2, 0.25) is 0 Å². The molecule has 9 nitrogen and oxygen atoms in total. The number of hydrogen-bond acceptors (Lipinski definition) is 8. The number of carbonyl (C=O) groups excluding carboxylic acids is 2. The smallest absolute Gasteiger partial charge is 0.457 e. The highest BCUT2D eigenvalue weighted by atomic mass is 16.7. The van der Waals surface area contributed by atoms with Gasteiger partial charge in [-0.2, -0.15) is 0 Å². The van der Waals surface area contributed by atoms with Crippen molar-refractivity contribution in [2.24, 2.45) is 11.8 Å². The van der Waals surface area contributed by atoms with Gasteiger partial charge in [0.05, 0.1) is 23.7 Å². The Labute approximate surface area is 228 Å². The number of aliphatic hydroxyl groups excluding tert-OH is 1. The van der Waals surface area contributed by atoms with Crippen LogP contribution in [0.5, 0.6) is 0 Å². The summed E-state index contributed by atoms with van der Waals surface area (Å²) >= 11 is 0. The number of nitrogens with zero attached hydrogens (tertiary/aromatic N) is 2. The molecule has 0 unspecified atom stereocenters. The lowest BCUT2D eigenvalue weighted by Crippen LogP contribution is -2.48. The van der Waals surface area contributed by atoms with Gasteiger partial charge in [0.2, 0.25) is 0 Å². The predicted octanol–water partition coefficient (Wildman–Crippen LogP) is 3.60. The predicted molar refractivity (Wildman–Crippen MR) is 146 cm³/mol. The summed E-state index contributed by atoms with van der Waals surface area (Å²) in [5, 5.41) is 10.5. The molecule has 3 heterocycles. The fourth-order valence-corrected chi connectivity index (χ4v) is 4.90. The van der Waals surface area contributed by atoms with Gasteiger partial charge in [-0.15, -0.1) is 0 Å². The van der Waals surface area contributed by atoms with Crippen LogP contribution in [0.1, 0.15) is 67.7 Å². The lowest BCUT2D eigenvalue weighted by atomic mass is 9.83. The Bertz CT molecular complexity index is 882. The Morgan fingerprint density at radius 2 is 1.68 bits per heavy atom. The van der Waals surface area contributed by atoms with E-state index in [-0.39, 0.29) is 24.3 Å². The lowest BCUT2D eigenvalue weighted by molar-refractivity contribution is -0.151. The van der Waals surface area contributed by atoms with Crippen LogP contribution in [0.4, 0.5) is 4.79 Å². The number of rotatable bonds is 3. The Kier molecular flexibility index (Phi) is 10.1. The zero-order valence-corrected chi connectivity index (χ0v) is 24.4. The van der Waals surface area contributed by atoms with Crippen molar-refractivity contribution in [3.8, 4) is 0 Å². The van der Waals surface area contributed by atoms with E-state index in [2.05, 4.69) is 4.90 Å². The minimum absolute atomic E-state index is 0.0280. The largest absolute Gasteiger partial charge is 0.487 e. The molecular formula is C28H47BN2O7. The SMILES string of the molecule is C/C(=C\B1OC(C)(C)C(C)(C)O1)[C@H]1OC(=O)C[C@H](O)CC[C@H](C)[C@H](OC(=O)N2CCN(C)CC2)/C=C/[C@@H]1C. The van der Waals surface area contributed by atoms with Crippen LogP contribution < -0.4 is 0 Å². The van der Waals surface area contributed by atoms with Gasteiger partial charge in [0.1, 0.15) is 12.2 Å². The van der Waals surface area contributed by atoms with Gasteiger partial charge in [0.15, 0.2) is 0 Å². The molecule has 1 amide bonds. The van der Waals surface area contributed by atoms with Crippen molar-refractivity contribution in [1.82, 2.24) is 9.80 Å². The normalized spacial score (nSPS) is 34.2. The highest BCUT2D eigenvalue weighted by Gasteiger charge is 2.50. The van der Waals surface area contributed by atoms with Crippen molar-refractivity contribution in [3.63, 3.8) is 0 Å². The maximum absolute atomic E-state index is 12.9. The van der Waals surface area contributed by atoms with Gasteiger partial charge in [-0.3, -0.25) is 4.79 Å². The first kappa shape index (κ1) is 30.7. The number of carbonyl (C=O) groups is 2. The number of ether oxygens (including phenoxy) is 2. The van der Waals surface area contributed by atoms with E-state index in [1.54, 1.807) is 4.90 Å². The number of hydrogen-bond donors (Lipinski definition) is 1. The molecule has 0 saturated carbocycles. The molecule has 0 aromatic heterocycles. The van der Waals surface area contributed by atoms with E-state index in [1.165, 1.54) is 0 Å². The second-order valence-electron chi connectivity index (χ2n) is 12.2. The van der Waals surface area contributed by atoms with Gasteiger partial charge in [0, 0.05) is 32.1 Å². The molecule has 10 heteroatoms. The first-order valence-corrected chi connectivity index (χ1v) is 13.9. The zero-order valence-electron chi connectivity index (χ0n) is 24.4. The number of piperazine rings is 1. The Hall–Kier alpha value is -1.88. The molecule has 2 saturated heterocycles. The van der Waals surface area contributed by atoms with E-state index in [4.69, 9.17) is 18.8 Å². The molecule has 0 aromatic carbocycles. The van der Waals surface area contributed by atoms with Gasteiger partial charge >= 0.3 is 19.2 Å². The molecule has 0 aromatic rings. The number of aliphatic hydroxyl groups is 1. The van der Waals surface area contributed by atoms with Gasteiger partial charge in [-0.25, -0.2) is 4.79 Å². The van der Waals surface area contributed by atoms with Gasteiger partial charge in [-0.05, 0) is 72.1 Å². The summed E-state index contributed by atoms with van der Waals surface area (Å²) in [5.74, 6) is 1.16. The van der Waals surface area contributed by atoms with Gasteiger partial charge in [0.25, 0.3) is 0 Å². The number of cyclic esters (lactones) is 1. The van der Waals surface area contributed by atoms with E-state index in [0.29, 0.717) is 25.9 Å². The van der Waals surface area contributed by atoms with Crippen LogP contribution in [0.15, 0.2) is 23.7 Å². The highest BCUT2D eigenvalue weighted by molar-refractivity contribution is 6.51. The molecule has 38 heavy (non-hydrogen) atoms. The van der Waals surface area contributed by atoms with Gasteiger partial charge < -0.3 is 33.7 Å². The standard InChI is InChI=1S/C28H47BN2O7/c1-19-9-11-22(32)17-24(33)36-25(21(3)18-29-37-27(4,5)28(6,7)38-29)20(2)10-12-23(19)35-26(34)31-15-13-30(8)14-16-31/h10,12,18-20,22-23,25,32H,9,11,13-17H2,1-8H3/b12-10+,21-18+/t19-,20-,22+,23+,25-/m0/s1. The topological polar surface area (TPSA) is 97.8 Å². The summed E-state index contributed by atoms with van der Waals surface area (Å²) in [6, 6.07) is 0. The molecule has 3 aliphatic heterocycles. The molecule has 0 radical (unpaired) electrons. The van der Waals surface area contributed by atoms with Crippen molar-refractivity contribution in [2.45, 2.75) is 97.2 Å². The van der Waals surface area contributed by atoms with Crippen molar-refractivity contribution in [2.75, 3.05) is 33.2 Å². The third-order valence-corrected chi connectivity index (χ3v) is 8.38. The number of likely N-dealkylation sites (N-methyl/N-ethyl adjacent to an activating group) is 1. The van der Waals surface area contributed by atoms with Crippen molar-refractivity contribution in [3.05, 3.63) is 23.7 Å². The summed E-state index contributed by atoms with van der Waals surface area (Å²) in [6.45, 7) is 16.7. The average Bonchev–Trinajstić information content (AvgIpc) is 3.03. The Morgan fingerprint density at radius 1 is 1.08 bits per heavy atom. The lowest BCUT2D eigenvalue weighted by Gasteiger charge is -2.33. The Balaban J connectivity index is 1.80. The van der Waals surface area contributed by atoms with E-state index in [9.17, 15) is 14.7 Å². The molecule has 5 atom stereocenters. The van der Waals surface area contributed by atoms with Crippen LogP contribution in [0, 0.1) is 11.8 Å². The molecule has 214 valence electrons. The summed E-state index contributed by atoms with van der Waals surface area (Å²) in [6.07, 6.45) is 2.60. The number of amides is 1. The minimum atomic E-state index is -0.828. The monoisotopic (exact) mass is 534 g/mol. The number of esters is 1. The second kappa shape index (κ2) is 12.5. The zero-order chi connectivity index (χ0) is 28.3. The third kappa shape index (κ3) is 7.84. The first-order valence-electron chi connectivity index (χ1n) is 13.9. The molecule has 2 fully saturated rings. The van der Waals surface area contributed by atoms with E-state index < -0.39 is 42.6 Å². The van der Waals surface area contributed by atoms with Crippen LogP contribution >= 0.6 is 0 Å². The summed E-state index contributed by atoms with van der Waals surface area (Å²) in [7, 11) is 1.47. The van der Waals surface area contributed by atoms with Gasteiger partial charge in [-0.1, -0.05) is 25.9 Å². The molecule has 3 rings (SSSR count). The molecule has 1 N–H and O–H groups in total. The van der Waals surface area contributed by atoms with Crippen LogP contribution in [-0.2, 0) is 23.6 Å². The third-order valence-electron chi connectivity index (χ3n) is 8.38. The quantitative estimate of drug-likeness (QED) is 0.333. The van der Waals surface area contributed by atoms with E-state index in [0.717, 1.165) is 18.7 Å². The van der Waals surface area contributed by atoms with Crippen molar-refractivity contribution >= 4 is 19.2 Å². The molecular weight excluding hydrogens is 487 g/mol. The maximum atomic E-state index is 12.9. The van der Waals surface area contributed by atoms with Crippen molar-refractivity contribution < 1.29 is 33.5 Å². The van der Waals surface area contributed by atoms with E-state index >= 15 is 0 Å². The van der Waals surface area contributed by atoms with Crippen LogP contribution in [0.25, 0.3) is 0 Å². The van der Waals surface area contributed by atoms with Crippen LogP contribution in [-0.4, -0.2) is 96.8 Å². The summed E-state index contributed by atoms with van der Waals surface area (Å²) in [4.78, 5) is 29.6. The molecule has 0 bridgehead atoms. The summed E-state index contributed by atoms with van der Waals surface area (Å²) < 4.78 is 24.1. The second-order valence-corrected chi connectivity index (χ2v) is 12.2. The molecule has 0 spiro atoms. The average molecular weight is 535 g/mol. The minimum Gasteiger partial charge on any atom is -0.457 e. The summed E-state index contributed by atoms with van der Waals surface area (Å²) in [5.41, 5.74) is -0.172. The van der Waals surface area contributed by atoms with Crippen molar-refractivity contribution in [1.29, 1.82) is 0 Å². The Morgan fingerprint density at radius 3 is 2.29 bits per heavy atom. The van der Waals surface area contributed by atoms with E-state index in [1.807, 2.05) is 73.6 Å². The van der Waals surface area contributed by atoms with Crippen LogP contribution in [0.3, 0.4) is 0 Å². The first-order chi connectivity index (χ1) is 17.7.